The van der Waals surface area contributed by atoms with E-state index in [2.05, 4.69) is 5.10 Å². The van der Waals surface area contributed by atoms with E-state index in [1.54, 1.807) is 24.3 Å². The molecule has 2 rings (SSSR count). The molecule has 1 unspecified atom stereocenters. The number of carbonyl (C=O) groups is 1. The van der Waals surface area contributed by atoms with Crippen LogP contribution in [0.5, 0.6) is 0 Å². The molecule has 0 fully saturated rings. The Morgan fingerprint density at radius 3 is 3.00 bits per heavy atom. The summed E-state index contributed by atoms with van der Waals surface area (Å²) in [5, 5.41) is 6.51. The fourth-order valence-electron chi connectivity index (χ4n) is 1.32. The molecule has 1 aliphatic rings. The average Bonchev–Trinajstić information content (AvgIpc) is 2.57. The van der Waals surface area contributed by atoms with Crippen LogP contribution in [-0.2, 0) is 0 Å². The number of hydrogen-bond acceptors (Lipinski definition) is 4. The van der Waals surface area contributed by atoms with Gasteiger partial charge in [0.25, 0.3) is 5.91 Å². The number of primary amides is 1. The van der Waals surface area contributed by atoms with Gasteiger partial charge in [0, 0.05) is 0 Å². The second-order valence-electron chi connectivity index (χ2n) is 3.07. The van der Waals surface area contributed by atoms with Crippen LogP contribution in [0.15, 0.2) is 29.4 Å². The highest BCUT2D eigenvalue weighted by molar-refractivity contribution is 8.14. The van der Waals surface area contributed by atoms with Crippen molar-refractivity contribution in [2.45, 2.75) is 6.92 Å². The van der Waals surface area contributed by atoms with E-state index in [-0.39, 0.29) is 0 Å². The van der Waals surface area contributed by atoms with Gasteiger partial charge in [0.2, 0.25) is 0 Å². The van der Waals surface area contributed by atoms with Gasteiger partial charge in [0.05, 0.1) is 23.5 Å². The first-order chi connectivity index (χ1) is 7.59. The summed E-state index contributed by atoms with van der Waals surface area (Å²) < 4.78 is 7.82. The SMILES string of the molecule is [2H]C1SC(C)=NN1c1ccccc1C(N)=O. The Balaban J connectivity index is 2.44. The number of rotatable bonds is 2. The van der Waals surface area contributed by atoms with E-state index in [1.807, 2.05) is 6.92 Å². The van der Waals surface area contributed by atoms with Crippen LogP contribution in [0.1, 0.15) is 18.7 Å². The number of hydrazone groups is 1. The molecule has 0 radical (unpaired) electrons. The first-order valence-electron chi connectivity index (χ1n) is 4.99. The Morgan fingerprint density at radius 2 is 2.40 bits per heavy atom. The molecule has 5 heteroatoms. The molecule has 1 aliphatic heterocycles. The lowest BCUT2D eigenvalue weighted by Crippen LogP contribution is -2.18. The zero-order chi connectivity index (χ0) is 11.7. The Morgan fingerprint density at radius 1 is 1.67 bits per heavy atom. The van der Waals surface area contributed by atoms with Crippen molar-refractivity contribution in [2.24, 2.45) is 10.8 Å². The number of para-hydroxylation sites is 1. The maximum atomic E-state index is 11.2. The highest BCUT2D eigenvalue weighted by atomic mass is 32.2. The summed E-state index contributed by atoms with van der Waals surface area (Å²) in [7, 11) is 0. The number of thioether (sulfide) groups is 1. The molecular weight excluding hydrogens is 210 g/mol. The number of hydrogen-bond donors (Lipinski definition) is 1. The van der Waals surface area contributed by atoms with Gasteiger partial charge >= 0.3 is 0 Å². The van der Waals surface area contributed by atoms with Gasteiger partial charge in [-0.05, 0) is 19.1 Å². The fourth-order valence-corrected chi connectivity index (χ4v) is 1.87. The minimum atomic E-state index is -0.555. The third-order valence-electron chi connectivity index (χ3n) is 1.99. The maximum Gasteiger partial charge on any atom is 0.250 e. The molecule has 1 aromatic rings. The van der Waals surface area contributed by atoms with E-state index in [0.29, 0.717) is 11.3 Å². The van der Waals surface area contributed by atoms with Crippen molar-refractivity contribution in [3.8, 4) is 0 Å². The molecule has 0 aliphatic carbocycles. The zero-order valence-electron chi connectivity index (χ0n) is 9.18. The van der Waals surface area contributed by atoms with Crippen molar-refractivity contribution in [3.05, 3.63) is 29.8 Å². The third kappa shape index (κ3) is 1.97. The van der Waals surface area contributed by atoms with Crippen molar-refractivity contribution in [3.63, 3.8) is 0 Å². The monoisotopic (exact) mass is 222 g/mol. The van der Waals surface area contributed by atoms with E-state index in [4.69, 9.17) is 7.10 Å². The number of anilines is 1. The topological polar surface area (TPSA) is 58.7 Å². The second-order valence-corrected chi connectivity index (χ2v) is 4.11. The molecule has 0 spiro atoms. The Hall–Kier alpha value is -1.49. The molecule has 0 bridgehead atoms. The molecule has 0 saturated carbocycles. The van der Waals surface area contributed by atoms with Gasteiger partial charge in [-0.25, -0.2) is 0 Å². The van der Waals surface area contributed by atoms with Crippen LogP contribution in [0.4, 0.5) is 5.69 Å². The Bertz CT molecular complexity index is 463. The van der Waals surface area contributed by atoms with Crippen molar-refractivity contribution in [1.29, 1.82) is 0 Å². The average molecular weight is 222 g/mol. The normalized spacial score (nSPS) is 21.1. The van der Waals surface area contributed by atoms with Crippen molar-refractivity contribution in [1.82, 2.24) is 0 Å². The van der Waals surface area contributed by atoms with Gasteiger partial charge in [-0.2, -0.15) is 5.10 Å². The lowest BCUT2D eigenvalue weighted by Gasteiger charge is -2.15. The van der Waals surface area contributed by atoms with Gasteiger partial charge in [-0.15, -0.1) is 0 Å². The van der Waals surface area contributed by atoms with E-state index in [1.165, 1.54) is 16.8 Å². The molecule has 1 heterocycles. The summed E-state index contributed by atoms with van der Waals surface area (Å²) >= 11 is 1.33. The van der Waals surface area contributed by atoms with Gasteiger partial charge in [0.15, 0.2) is 0 Å². The molecule has 2 N–H and O–H groups in total. The minimum absolute atomic E-state index is 0.388. The zero-order valence-corrected chi connectivity index (χ0v) is 8.99. The summed E-state index contributed by atoms with van der Waals surface area (Å²) in [6.45, 7) is 1.83. The smallest absolute Gasteiger partial charge is 0.250 e. The highest BCUT2D eigenvalue weighted by Crippen LogP contribution is 2.27. The van der Waals surface area contributed by atoms with E-state index in [0.717, 1.165) is 5.04 Å². The molecule has 1 atom stereocenters. The molecular formula is C10H11N3OS. The van der Waals surface area contributed by atoms with Crippen molar-refractivity contribution < 1.29 is 6.17 Å². The van der Waals surface area contributed by atoms with Gasteiger partial charge in [0.1, 0.15) is 0 Å². The Labute approximate surface area is 93.5 Å². The van der Waals surface area contributed by atoms with Crippen molar-refractivity contribution in [2.75, 3.05) is 10.9 Å². The highest BCUT2D eigenvalue weighted by Gasteiger charge is 2.18. The lowest BCUT2D eigenvalue weighted by molar-refractivity contribution is 0.100. The predicted molar refractivity (Wildman–Crippen MR) is 63.0 cm³/mol. The van der Waals surface area contributed by atoms with E-state index >= 15 is 0 Å². The summed E-state index contributed by atoms with van der Waals surface area (Å²) in [4.78, 5) is 11.2. The largest absolute Gasteiger partial charge is 0.366 e. The number of carbonyl (C=O) groups excluding carboxylic acids is 1. The molecule has 4 nitrogen and oxygen atoms in total. The van der Waals surface area contributed by atoms with Gasteiger partial charge in [-0.3, -0.25) is 9.80 Å². The van der Waals surface area contributed by atoms with Crippen LogP contribution < -0.4 is 10.7 Å². The predicted octanol–water partition coefficient (Wildman–Crippen LogP) is 1.63. The lowest BCUT2D eigenvalue weighted by atomic mass is 10.1. The summed E-state index contributed by atoms with van der Waals surface area (Å²) in [6, 6.07) is 6.91. The molecule has 1 aromatic carbocycles. The maximum absolute atomic E-state index is 11.2. The van der Waals surface area contributed by atoms with Gasteiger partial charge in [-0.1, -0.05) is 23.9 Å². The summed E-state index contributed by atoms with van der Waals surface area (Å²) in [6.07, 6.45) is 0. The van der Waals surface area contributed by atoms with E-state index in [9.17, 15) is 4.79 Å². The number of nitrogens with two attached hydrogens (primary N) is 1. The number of amides is 1. The van der Waals surface area contributed by atoms with Crippen LogP contribution in [-0.4, -0.2) is 16.8 Å². The minimum Gasteiger partial charge on any atom is -0.366 e. The molecule has 78 valence electrons. The molecule has 0 aromatic heterocycles. The third-order valence-corrected chi connectivity index (χ3v) is 2.72. The second kappa shape index (κ2) is 3.94. The van der Waals surface area contributed by atoms with Crippen LogP contribution in [0, 0.1) is 0 Å². The van der Waals surface area contributed by atoms with Crippen molar-refractivity contribution >= 4 is 28.4 Å². The van der Waals surface area contributed by atoms with Crippen LogP contribution >= 0.6 is 11.8 Å². The molecule has 15 heavy (non-hydrogen) atoms. The van der Waals surface area contributed by atoms with E-state index < -0.39 is 11.8 Å². The quantitative estimate of drug-likeness (QED) is 0.827. The van der Waals surface area contributed by atoms with Crippen LogP contribution in [0.3, 0.4) is 0 Å². The number of benzene rings is 1. The molecule has 0 saturated heterocycles. The summed E-state index contributed by atoms with van der Waals surface area (Å²) in [5.41, 5.74) is 6.25. The number of nitrogens with zero attached hydrogens (tertiary/aromatic N) is 2. The van der Waals surface area contributed by atoms with Crippen LogP contribution in [0.25, 0.3) is 0 Å². The molecule has 1 amide bonds. The Kier molecular flexibility index (Phi) is 2.31. The van der Waals surface area contributed by atoms with Crippen LogP contribution in [0.2, 0.25) is 0 Å². The first-order valence-corrected chi connectivity index (χ1v) is 5.30. The summed E-state index contributed by atoms with van der Waals surface area (Å²) in [5.74, 6) is -1.06. The van der Waals surface area contributed by atoms with Gasteiger partial charge < -0.3 is 5.73 Å². The fraction of sp³-hybridized carbons (Fsp3) is 0.200. The standard InChI is InChI=1S/C10H11N3OS/c1-7-12-13(6-15-7)9-5-3-2-4-8(9)10(11)14/h2-5H,6H2,1H3,(H2,11,14)/i6D. The first kappa shape index (κ1) is 8.79.